The molecule has 0 aliphatic heterocycles. The number of thiophene rings is 1. The minimum atomic E-state index is -3.45. The number of nitrogens with zero attached hydrogens (tertiary/aromatic N) is 1. The summed E-state index contributed by atoms with van der Waals surface area (Å²) in [7, 11) is -3.45. The molecule has 1 fully saturated rings. The summed E-state index contributed by atoms with van der Waals surface area (Å²) in [6.45, 7) is 1.16. The molecule has 2 aromatic carbocycles. The molecule has 0 saturated heterocycles. The van der Waals surface area contributed by atoms with E-state index >= 15 is 0 Å². The van der Waals surface area contributed by atoms with Crippen LogP contribution in [0.5, 0.6) is 0 Å². The number of hydrogen-bond acceptors (Lipinski definition) is 6. The number of benzene rings is 2. The minimum Gasteiger partial charge on any atom is -0.393 e. The van der Waals surface area contributed by atoms with Crippen LogP contribution in [0, 0.1) is 0 Å². The lowest BCUT2D eigenvalue weighted by atomic mass is 9.96. The zero-order valence-electron chi connectivity index (χ0n) is 19.0. The fourth-order valence-corrected chi connectivity index (χ4v) is 7.43. The van der Waals surface area contributed by atoms with Crippen LogP contribution in [0.1, 0.15) is 41.8 Å². The molecule has 0 radical (unpaired) electrons. The van der Waals surface area contributed by atoms with Gasteiger partial charge >= 0.3 is 0 Å². The van der Waals surface area contributed by atoms with Gasteiger partial charge in [-0.3, -0.25) is 4.98 Å². The van der Waals surface area contributed by atoms with Crippen molar-refractivity contribution >= 4 is 47.4 Å². The highest BCUT2D eigenvalue weighted by molar-refractivity contribution is 9.10. The van der Waals surface area contributed by atoms with E-state index in [1.54, 1.807) is 25.3 Å². The van der Waals surface area contributed by atoms with Gasteiger partial charge in [0.2, 0.25) is 10.0 Å². The van der Waals surface area contributed by atoms with Crippen LogP contribution in [0.25, 0.3) is 21.3 Å². The lowest BCUT2D eigenvalue weighted by molar-refractivity contribution is -0.00230. The third kappa shape index (κ3) is 4.94. The van der Waals surface area contributed by atoms with Crippen LogP contribution >= 0.6 is 27.3 Å². The molecule has 0 bridgehead atoms. The summed E-state index contributed by atoms with van der Waals surface area (Å²) in [6, 6.07) is 18.5. The van der Waals surface area contributed by atoms with Gasteiger partial charge in [-0.2, -0.15) is 0 Å². The van der Waals surface area contributed by atoms with Gasteiger partial charge in [0.05, 0.1) is 23.6 Å². The van der Waals surface area contributed by atoms with Crippen molar-refractivity contribution in [3.63, 3.8) is 0 Å². The number of pyridine rings is 1. The summed E-state index contributed by atoms with van der Waals surface area (Å²) in [5, 5.41) is 20.8. The summed E-state index contributed by atoms with van der Waals surface area (Å²) in [6.07, 6.45) is 3.00. The maximum absolute atomic E-state index is 12.9. The number of rotatable bonds is 8. The van der Waals surface area contributed by atoms with Gasteiger partial charge in [0.25, 0.3) is 0 Å². The van der Waals surface area contributed by atoms with Gasteiger partial charge in [-0.05, 0) is 60.5 Å². The molecule has 35 heavy (non-hydrogen) atoms. The molecule has 4 aromatic rings. The molecule has 9 heteroatoms. The molecule has 1 saturated carbocycles. The van der Waals surface area contributed by atoms with Crippen molar-refractivity contribution in [2.75, 3.05) is 6.61 Å². The summed E-state index contributed by atoms with van der Waals surface area (Å²) in [5.41, 5.74) is 1.60. The monoisotopic (exact) mass is 572 g/mol. The van der Waals surface area contributed by atoms with Gasteiger partial charge in [-0.25, -0.2) is 13.1 Å². The zero-order valence-corrected chi connectivity index (χ0v) is 22.2. The molecular weight excluding hydrogens is 548 g/mol. The number of halogens is 1. The molecular formula is C26H25BrN2O4S2. The summed E-state index contributed by atoms with van der Waals surface area (Å²) >= 11 is 5.12. The van der Waals surface area contributed by atoms with E-state index in [1.165, 1.54) is 11.3 Å². The summed E-state index contributed by atoms with van der Waals surface area (Å²) in [5.74, 6) is 0. The Balaban J connectivity index is 1.62. The average Bonchev–Trinajstić information content (AvgIpc) is 3.63. The lowest BCUT2D eigenvalue weighted by Gasteiger charge is -2.21. The van der Waals surface area contributed by atoms with Crippen molar-refractivity contribution in [3.8, 4) is 11.3 Å². The van der Waals surface area contributed by atoms with Crippen LogP contribution in [0.3, 0.4) is 0 Å². The van der Waals surface area contributed by atoms with Crippen LogP contribution in [-0.2, 0) is 15.6 Å². The van der Waals surface area contributed by atoms with Gasteiger partial charge in [0, 0.05) is 25.8 Å². The van der Waals surface area contributed by atoms with Crippen molar-refractivity contribution in [1.29, 1.82) is 0 Å². The molecule has 6 nitrogen and oxygen atoms in total. The zero-order chi connectivity index (χ0) is 24.8. The smallest absolute Gasteiger partial charge is 0.215 e. The highest BCUT2D eigenvalue weighted by atomic mass is 79.9. The van der Waals surface area contributed by atoms with Gasteiger partial charge < -0.3 is 10.2 Å². The molecule has 3 N–H and O–H groups in total. The number of aromatic nitrogens is 1. The van der Waals surface area contributed by atoms with E-state index in [0.29, 0.717) is 24.1 Å². The highest BCUT2D eigenvalue weighted by Crippen LogP contribution is 2.41. The third-order valence-corrected chi connectivity index (χ3v) is 10.2. The maximum atomic E-state index is 12.9. The Kier molecular flexibility index (Phi) is 6.58. The number of aliphatic hydroxyl groups is 2. The first-order valence-electron chi connectivity index (χ1n) is 11.3. The molecule has 182 valence electrons. The van der Waals surface area contributed by atoms with Crippen LogP contribution < -0.4 is 4.72 Å². The normalized spacial score (nSPS) is 16.8. The number of aliphatic hydroxyl groups excluding tert-OH is 1. The fourth-order valence-electron chi connectivity index (χ4n) is 4.05. The summed E-state index contributed by atoms with van der Waals surface area (Å²) in [4.78, 5) is 5.40. The number of sulfonamides is 1. The molecule has 2 aromatic heterocycles. The third-order valence-electron chi connectivity index (χ3n) is 6.27. The Morgan fingerprint density at radius 2 is 1.94 bits per heavy atom. The quantitative estimate of drug-likeness (QED) is 0.273. The van der Waals surface area contributed by atoms with Gasteiger partial charge in [-0.1, -0.05) is 52.3 Å². The number of hydrogen-bond donors (Lipinski definition) is 3. The SMILES string of the molecule is CC(O)(CO)c1ccnc(-c2cccc3cc(C(NS(=O)(=O)C4CC4)c4ccccc4Br)sc23)c1. The highest BCUT2D eigenvalue weighted by Gasteiger charge is 2.38. The first-order valence-corrected chi connectivity index (χ1v) is 14.4. The van der Waals surface area contributed by atoms with Gasteiger partial charge in [0.1, 0.15) is 5.60 Å². The van der Waals surface area contributed by atoms with Gasteiger partial charge in [0.15, 0.2) is 0 Å². The van der Waals surface area contributed by atoms with E-state index in [9.17, 15) is 18.6 Å². The molecule has 1 aliphatic carbocycles. The van der Waals surface area contributed by atoms with Crippen LogP contribution in [-0.4, -0.2) is 35.5 Å². The van der Waals surface area contributed by atoms with Crippen LogP contribution in [0.4, 0.5) is 0 Å². The first-order chi connectivity index (χ1) is 16.7. The van der Waals surface area contributed by atoms with E-state index in [0.717, 1.165) is 30.6 Å². The van der Waals surface area contributed by atoms with E-state index in [-0.39, 0.29) is 5.25 Å². The second-order valence-electron chi connectivity index (χ2n) is 9.05. The van der Waals surface area contributed by atoms with Crippen molar-refractivity contribution < 1.29 is 18.6 Å². The largest absolute Gasteiger partial charge is 0.393 e. The Morgan fingerprint density at radius 1 is 1.17 bits per heavy atom. The molecule has 1 aliphatic rings. The molecule has 0 amide bonds. The van der Waals surface area contributed by atoms with Crippen molar-refractivity contribution in [1.82, 2.24) is 9.71 Å². The molecule has 2 unspecified atom stereocenters. The van der Waals surface area contributed by atoms with Crippen LogP contribution in [0.15, 0.2) is 71.3 Å². The predicted molar refractivity (Wildman–Crippen MR) is 143 cm³/mol. The first kappa shape index (κ1) is 24.5. The topological polar surface area (TPSA) is 99.5 Å². The molecule has 2 atom stereocenters. The molecule has 0 spiro atoms. The number of nitrogens with one attached hydrogen (secondary N) is 1. The number of fused-ring (bicyclic) bond motifs is 1. The minimum absolute atomic E-state index is 0.330. The molecule has 5 rings (SSSR count). The van der Waals surface area contributed by atoms with Crippen LogP contribution in [0.2, 0.25) is 0 Å². The fraction of sp³-hybridized carbons (Fsp3) is 0.269. The Labute approximate surface area is 216 Å². The Morgan fingerprint density at radius 3 is 2.66 bits per heavy atom. The Hall–Kier alpha value is -2.14. The second kappa shape index (κ2) is 9.38. The standard InChI is InChI=1S/C26H25BrN2O4S2/c1-26(31,15-30)17-11-12-28-22(14-17)20-7-4-5-16-13-23(34-25(16)20)24(19-6-2-3-8-21(19)27)29-35(32,33)18-9-10-18/h2-8,11-14,18,24,29-31H,9-10,15H2,1H3. The van der Waals surface area contributed by atoms with Gasteiger partial charge in [-0.15, -0.1) is 11.3 Å². The average molecular weight is 574 g/mol. The summed E-state index contributed by atoms with van der Waals surface area (Å²) < 4.78 is 30.7. The van der Waals surface area contributed by atoms with E-state index in [2.05, 4.69) is 25.6 Å². The van der Waals surface area contributed by atoms with Crippen molar-refractivity contribution in [3.05, 3.63) is 87.3 Å². The second-order valence-corrected chi connectivity index (χ2v) is 13.0. The van der Waals surface area contributed by atoms with E-state index < -0.39 is 28.3 Å². The Bertz CT molecular complexity index is 1500. The lowest BCUT2D eigenvalue weighted by Crippen LogP contribution is -2.31. The molecule has 2 heterocycles. The maximum Gasteiger partial charge on any atom is 0.215 e. The van der Waals surface area contributed by atoms with Crippen molar-refractivity contribution in [2.45, 2.75) is 36.7 Å². The van der Waals surface area contributed by atoms with E-state index in [4.69, 9.17) is 0 Å². The van der Waals surface area contributed by atoms with Crippen molar-refractivity contribution in [2.24, 2.45) is 0 Å². The predicted octanol–water partition coefficient (Wildman–Crippen LogP) is 5.10. The van der Waals surface area contributed by atoms with E-state index in [1.807, 2.05) is 48.5 Å².